The SMILES string of the molecule is C/C=C\C=C(/C)C1=NCCc2ccc(C(C)C)cc21. The van der Waals surface area contributed by atoms with Crippen LogP contribution >= 0.6 is 0 Å². The molecular formula is C18H23N. The Morgan fingerprint density at radius 2 is 2.11 bits per heavy atom. The Hall–Kier alpha value is -1.63. The molecule has 0 spiro atoms. The number of allylic oxidation sites excluding steroid dienone is 4. The predicted octanol–water partition coefficient (Wildman–Crippen LogP) is 4.68. The minimum Gasteiger partial charge on any atom is -0.284 e. The van der Waals surface area contributed by atoms with Gasteiger partial charge in [0.25, 0.3) is 0 Å². The molecule has 0 unspecified atom stereocenters. The van der Waals surface area contributed by atoms with Gasteiger partial charge in [-0.25, -0.2) is 0 Å². The van der Waals surface area contributed by atoms with Crippen LogP contribution in [0.25, 0.3) is 0 Å². The van der Waals surface area contributed by atoms with Gasteiger partial charge < -0.3 is 0 Å². The largest absolute Gasteiger partial charge is 0.284 e. The summed E-state index contributed by atoms with van der Waals surface area (Å²) >= 11 is 0. The highest BCUT2D eigenvalue weighted by atomic mass is 14.7. The lowest BCUT2D eigenvalue weighted by Crippen LogP contribution is -2.14. The summed E-state index contributed by atoms with van der Waals surface area (Å²) in [4.78, 5) is 4.74. The molecule has 0 radical (unpaired) electrons. The minimum absolute atomic E-state index is 0.563. The van der Waals surface area contributed by atoms with Crippen molar-refractivity contribution in [2.75, 3.05) is 6.54 Å². The summed E-state index contributed by atoms with van der Waals surface area (Å²) in [6, 6.07) is 6.87. The molecule has 2 rings (SSSR count). The van der Waals surface area contributed by atoms with Gasteiger partial charge in [-0.15, -0.1) is 0 Å². The van der Waals surface area contributed by atoms with Crippen molar-refractivity contribution in [2.24, 2.45) is 4.99 Å². The van der Waals surface area contributed by atoms with Crippen LogP contribution in [-0.4, -0.2) is 12.3 Å². The second-order valence-corrected chi connectivity index (χ2v) is 5.43. The van der Waals surface area contributed by atoms with Crippen LogP contribution in [0.3, 0.4) is 0 Å². The Balaban J connectivity index is 2.45. The Morgan fingerprint density at radius 3 is 2.79 bits per heavy atom. The maximum atomic E-state index is 4.74. The average molecular weight is 253 g/mol. The number of nitrogens with zero attached hydrogens (tertiary/aromatic N) is 1. The molecule has 1 heteroatoms. The number of benzene rings is 1. The average Bonchev–Trinajstić information content (AvgIpc) is 2.43. The molecule has 0 amide bonds. The zero-order valence-corrected chi connectivity index (χ0v) is 12.4. The normalized spacial score (nSPS) is 15.8. The molecule has 0 N–H and O–H groups in total. The van der Waals surface area contributed by atoms with Crippen molar-refractivity contribution in [3.8, 4) is 0 Å². The van der Waals surface area contributed by atoms with E-state index in [1.807, 2.05) is 6.92 Å². The second kappa shape index (κ2) is 6.01. The van der Waals surface area contributed by atoms with Crippen molar-refractivity contribution < 1.29 is 0 Å². The standard InChI is InChI=1S/C18H23N/c1-5-6-7-14(4)18-17-12-16(13(2)3)9-8-15(17)10-11-19-18/h5-9,12-13H,10-11H2,1-4H3/b6-5-,14-7+. The first-order chi connectivity index (χ1) is 9.13. The molecule has 0 bridgehead atoms. The van der Waals surface area contributed by atoms with E-state index in [1.54, 1.807) is 0 Å². The van der Waals surface area contributed by atoms with Crippen LogP contribution in [0, 0.1) is 0 Å². The summed E-state index contributed by atoms with van der Waals surface area (Å²) in [5.74, 6) is 0.563. The summed E-state index contributed by atoms with van der Waals surface area (Å²) < 4.78 is 0. The van der Waals surface area contributed by atoms with Gasteiger partial charge in [-0.1, -0.05) is 44.2 Å². The van der Waals surface area contributed by atoms with Crippen LogP contribution in [0.5, 0.6) is 0 Å². The summed E-state index contributed by atoms with van der Waals surface area (Å²) in [6.45, 7) is 9.57. The minimum atomic E-state index is 0.563. The van der Waals surface area contributed by atoms with Crippen molar-refractivity contribution >= 4 is 5.71 Å². The van der Waals surface area contributed by atoms with Gasteiger partial charge in [0.2, 0.25) is 0 Å². The van der Waals surface area contributed by atoms with Gasteiger partial charge in [-0.2, -0.15) is 0 Å². The molecule has 0 saturated heterocycles. The molecule has 1 aromatic rings. The maximum absolute atomic E-state index is 4.74. The van der Waals surface area contributed by atoms with E-state index in [4.69, 9.17) is 4.99 Å². The van der Waals surface area contributed by atoms with Crippen LogP contribution < -0.4 is 0 Å². The summed E-state index contributed by atoms with van der Waals surface area (Å²) in [6.07, 6.45) is 7.35. The van der Waals surface area contributed by atoms with Gasteiger partial charge in [-0.3, -0.25) is 4.99 Å². The topological polar surface area (TPSA) is 12.4 Å². The van der Waals surface area contributed by atoms with E-state index < -0.39 is 0 Å². The quantitative estimate of drug-likeness (QED) is 0.694. The lowest BCUT2D eigenvalue weighted by molar-refractivity contribution is 0.859. The van der Waals surface area contributed by atoms with Crippen LogP contribution in [0.2, 0.25) is 0 Å². The van der Waals surface area contributed by atoms with E-state index >= 15 is 0 Å². The molecular weight excluding hydrogens is 230 g/mol. The smallest absolute Gasteiger partial charge is 0.0678 e. The lowest BCUT2D eigenvalue weighted by atomic mass is 9.89. The molecule has 19 heavy (non-hydrogen) atoms. The molecule has 0 atom stereocenters. The first kappa shape index (κ1) is 13.8. The number of hydrogen-bond acceptors (Lipinski definition) is 1. The van der Waals surface area contributed by atoms with Gasteiger partial charge in [0.1, 0.15) is 0 Å². The Labute approximate surface area is 116 Å². The van der Waals surface area contributed by atoms with Crippen LogP contribution in [0.1, 0.15) is 50.3 Å². The van der Waals surface area contributed by atoms with Crippen molar-refractivity contribution in [3.05, 3.63) is 58.7 Å². The number of hydrogen-bond donors (Lipinski definition) is 0. The highest BCUT2D eigenvalue weighted by Crippen LogP contribution is 2.24. The third-order valence-corrected chi connectivity index (χ3v) is 3.62. The fraction of sp³-hybridized carbons (Fsp3) is 0.389. The van der Waals surface area contributed by atoms with E-state index in [0.717, 1.165) is 13.0 Å². The third-order valence-electron chi connectivity index (χ3n) is 3.62. The predicted molar refractivity (Wildman–Crippen MR) is 84.2 cm³/mol. The third kappa shape index (κ3) is 3.04. The van der Waals surface area contributed by atoms with E-state index in [9.17, 15) is 0 Å². The van der Waals surface area contributed by atoms with Gasteiger partial charge in [0.05, 0.1) is 5.71 Å². The van der Waals surface area contributed by atoms with Crippen molar-refractivity contribution in [1.29, 1.82) is 0 Å². The van der Waals surface area contributed by atoms with E-state index in [2.05, 4.69) is 57.2 Å². The Kier molecular flexibility index (Phi) is 4.36. The second-order valence-electron chi connectivity index (χ2n) is 5.43. The van der Waals surface area contributed by atoms with Gasteiger partial charge in [-0.05, 0) is 49.0 Å². The number of aliphatic imine (C=N–C) groups is 1. The van der Waals surface area contributed by atoms with E-state index in [0.29, 0.717) is 5.92 Å². The summed E-state index contributed by atoms with van der Waals surface area (Å²) in [5, 5.41) is 0. The zero-order valence-electron chi connectivity index (χ0n) is 12.4. The van der Waals surface area contributed by atoms with Gasteiger partial charge in [0, 0.05) is 12.1 Å². The van der Waals surface area contributed by atoms with Crippen LogP contribution in [-0.2, 0) is 6.42 Å². The van der Waals surface area contributed by atoms with Crippen molar-refractivity contribution in [2.45, 2.75) is 40.0 Å². The van der Waals surface area contributed by atoms with Gasteiger partial charge in [0.15, 0.2) is 0 Å². The molecule has 100 valence electrons. The highest BCUT2D eigenvalue weighted by molar-refractivity contribution is 6.13. The molecule has 1 aliphatic rings. The molecule has 0 fully saturated rings. The Morgan fingerprint density at radius 1 is 1.32 bits per heavy atom. The van der Waals surface area contributed by atoms with Crippen LogP contribution in [0.15, 0.2) is 47.0 Å². The zero-order chi connectivity index (χ0) is 13.8. The summed E-state index contributed by atoms with van der Waals surface area (Å²) in [7, 11) is 0. The molecule has 1 aromatic carbocycles. The van der Waals surface area contributed by atoms with Gasteiger partial charge >= 0.3 is 0 Å². The van der Waals surface area contributed by atoms with E-state index in [1.165, 1.54) is 28.0 Å². The monoisotopic (exact) mass is 253 g/mol. The highest BCUT2D eigenvalue weighted by Gasteiger charge is 2.16. The first-order valence-electron chi connectivity index (χ1n) is 7.11. The van der Waals surface area contributed by atoms with Crippen molar-refractivity contribution in [3.63, 3.8) is 0 Å². The first-order valence-corrected chi connectivity index (χ1v) is 7.11. The molecule has 1 heterocycles. The molecule has 0 saturated carbocycles. The number of fused-ring (bicyclic) bond motifs is 1. The number of rotatable bonds is 3. The maximum Gasteiger partial charge on any atom is 0.0678 e. The van der Waals surface area contributed by atoms with Crippen LogP contribution in [0.4, 0.5) is 0 Å². The lowest BCUT2D eigenvalue weighted by Gasteiger charge is -2.19. The molecule has 1 aliphatic heterocycles. The van der Waals surface area contributed by atoms with E-state index in [-0.39, 0.29) is 0 Å². The molecule has 1 nitrogen and oxygen atoms in total. The summed E-state index contributed by atoms with van der Waals surface area (Å²) in [5.41, 5.74) is 6.58. The fourth-order valence-electron chi connectivity index (χ4n) is 2.42. The van der Waals surface area contributed by atoms with Crippen molar-refractivity contribution in [1.82, 2.24) is 0 Å². The fourth-order valence-corrected chi connectivity index (χ4v) is 2.42. The Bertz CT molecular complexity index is 545. The molecule has 0 aliphatic carbocycles. The molecule has 0 aromatic heterocycles.